The molecule has 4 heteroatoms. The van der Waals surface area contributed by atoms with Gasteiger partial charge < -0.3 is 5.32 Å². The van der Waals surface area contributed by atoms with Gasteiger partial charge in [0.2, 0.25) is 5.91 Å². The second kappa shape index (κ2) is 4.84. The molecule has 1 rings (SSSR count). The summed E-state index contributed by atoms with van der Waals surface area (Å²) in [5, 5.41) is 2.48. The van der Waals surface area contributed by atoms with Crippen LogP contribution in [-0.2, 0) is 4.79 Å². The number of carbonyl (C=O) groups excluding carboxylic acids is 1. The molecule has 0 spiro atoms. The Kier molecular flexibility index (Phi) is 4.01. The lowest BCUT2D eigenvalue weighted by Crippen LogP contribution is -2.20. The highest BCUT2D eigenvalue weighted by atomic mass is 79.9. The lowest BCUT2D eigenvalue weighted by Gasteiger charge is -2.09. The SMILES string of the molecule is Cc1ccc(Br)c(NC(=O)C(C)S)c1. The van der Waals surface area contributed by atoms with Gasteiger partial charge >= 0.3 is 0 Å². The van der Waals surface area contributed by atoms with Crippen molar-refractivity contribution >= 4 is 40.2 Å². The Morgan fingerprint density at radius 1 is 1.57 bits per heavy atom. The maximum Gasteiger partial charge on any atom is 0.236 e. The molecule has 1 aromatic rings. The van der Waals surface area contributed by atoms with Crippen LogP contribution in [0, 0.1) is 6.92 Å². The molecule has 0 fully saturated rings. The molecule has 0 aliphatic heterocycles. The number of benzene rings is 1. The van der Waals surface area contributed by atoms with E-state index in [4.69, 9.17) is 0 Å². The van der Waals surface area contributed by atoms with E-state index in [1.165, 1.54) is 0 Å². The van der Waals surface area contributed by atoms with Gasteiger partial charge in [-0.1, -0.05) is 6.07 Å². The summed E-state index contributed by atoms with van der Waals surface area (Å²) >= 11 is 7.42. The van der Waals surface area contributed by atoms with Crippen molar-refractivity contribution in [1.82, 2.24) is 0 Å². The minimum atomic E-state index is -0.303. The van der Waals surface area contributed by atoms with E-state index in [0.717, 1.165) is 15.7 Å². The Hall–Kier alpha value is -0.480. The molecule has 76 valence electrons. The highest BCUT2D eigenvalue weighted by Crippen LogP contribution is 2.23. The molecule has 1 atom stereocenters. The number of amides is 1. The summed E-state index contributed by atoms with van der Waals surface area (Å²) in [4.78, 5) is 11.4. The van der Waals surface area contributed by atoms with Gasteiger partial charge in [0.05, 0.1) is 10.9 Å². The maximum absolute atomic E-state index is 11.4. The molecular formula is C10H12BrNOS. The number of aryl methyl sites for hydroxylation is 1. The normalized spacial score (nSPS) is 12.3. The van der Waals surface area contributed by atoms with Gasteiger partial charge in [-0.15, -0.1) is 0 Å². The van der Waals surface area contributed by atoms with Crippen LogP contribution in [-0.4, -0.2) is 11.2 Å². The summed E-state index contributed by atoms with van der Waals surface area (Å²) in [6, 6.07) is 5.80. The van der Waals surface area contributed by atoms with Crippen LogP contribution in [0.4, 0.5) is 5.69 Å². The second-order valence-electron chi connectivity index (χ2n) is 3.15. The van der Waals surface area contributed by atoms with E-state index in [2.05, 4.69) is 33.9 Å². The summed E-state index contributed by atoms with van der Waals surface area (Å²) in [7, 11) is 0. The van der Waals surface area contributed by atoms with Crippen LogP contribution in [0.25, 0.3) is 0 Å². The minimum absolute atomic E-state index is 0.0976. The van der Waals surface area contributed by atoms with Gasteiger partial charge in [-0.25, -0.2) is 0 Å². The summed E-state index contributed by atoms with van der Waals surface area (Å²) in [6.45, 7) is 3.72. The van der Waals surface area contributed by atoms with Crippen LogP contribution in [0.2, 0.25) is 0 Å². The van der Waals surface area contributed by atoms with Gasteiger partial charge in [-0.2, -0.15) is 12.6 Å². The van der Waals surface area contributed by atoms with Gasteiger partial charge in [0.15, 0.2) is 0 Å². The Bertz CT molecular complexity index is 352. The Labute approximate surface area is 97.6 Å². The third-order valence-electron chi connectivity index (χ3n) is 1.76. The molecule has 0 aliphatic rings. The molecule has 0 heterocycles. The molecule has 14 heavy (non-hydrogen) atoms. The van der Waals surface area contributed by atoms with E-state index < -0.39 is 0 Å². The van der Waals surface area contributed by atoms with E-state index in [1.54, 1.807) is 6.92 Å². The maximum atomic E-state index is 11.4. The zero-order chi connectivity index (χ0) is 10.7. The van der Waals surface area contributed by atoms with E-state index in [-0.39, 0.29) is 11.2 Å². The number of anilines is 1. The Morgan fingerprint density at radius 2 is 2.21 bits per heavy atom. The van der Waals surface area contributed by atoms with Crippen LogP contribution >= 0.6 is 28.6 Å². The van der Waals surface area contributed by atoms with Gasteiger partial charge in [0.25, 0.3) is 0 Å². The average Bonchev–Trinajstić information content (AvgIpc) is 2.11. The number of nitrogens with one attached hydrogen (secondary N) is 1. The average molecular weight is 274 g/mol. The first-order valence-corrected chi connectivity index (χ1v) is 5.56. The molecule has 0 aromatic heterocycles. The quantitative estimate of drug-likeness (QED) is 0.797. The number of hydrogen-bond donors (Lipinski definition) is 2. The van der Waals surface area contributed by atoms with E-state index >= 15 is 0 Å². The molecule has 1 amide bonds. The Balaban J connectivity index is 2.86. The molecule has 1 aromatic carbocycles. The number of hydrogen-bond acceptors (Lipinski definition) is 2. The summed E-state index contributed by atoms with van der Waals surface area (Å²) in [6.07, 6.45) is 0. The predicted molar refractivity (Wildman–Crippen MR) is 66.0 cm³/mol. The van der Waals surface area contributed by atoms with Crippen LogP contribution < -0.4 is 5.32 Å². The monoisotopic (exact) mass is 273 g/mol. The third kappa shape index (κ3) is 3.03. The molecule has 0 aliphatic carbocycles. The standard InChI is InChI=1S/C10H12BrNOS/c1-6-3-4-8(11)9(5-6)12-10(13)7(2)14/h3-5,7,14H,1-2H3,(H,12,13). The summed E-state index contributed by atoms with van der Waals surface area (Å²) in [5.74, 6) is -0.0976. The fraction of sp³-hybridized carbons (Fsp3) is 0.300. The van der Waals surface area contributed by atoms with Crippen molar-refractivity contribution in [3.05, 3.63) is 28.2 Å². The highest BCUT2D eigenvalue weighted by Gasteiger charge is 2.09. The lowest BCUT2D eigenvalue weighted by atomic mass is 10.2. The number of halogens is 1. The number of thiol groups is 1. The fourth-order valence-corrected chi connectivity index (χ4v) is 1.38. The molecule has 0 saturated heterocycles. The first-order valence-electron chi connectivity index (χ1n) is 4.26. The largest absolute Gasteiger partial charge is 0.324 e. The van der Waals surface area contributed by atoms with Crippen LogP contribution in [0.3, 0.4) is 0 Å². The predicted octanol–water partition coefficient (Wildman–Crippen LogP) is 3.01. The topological polar surface area (TPSA) is 29.1 Å². The van der Waals surface area contributed by atoms with E-state index in [0.29, 0.717) is 0 Å². The zero-order valence-corrected chi connectivity index (χ0v) is 10.5. The summed E-state index contributed by atoms with van der Waals surface area (Å²) < 4.78 is 0.880. The van der Waals surface area contributed by atoms with Crippen molar-refractivity contribution in [3.8, 4) is 0 Å². The van der Waals surface area contributed by atoms with Gasteiger partial charge in [0, 0.05) is 4.47 Å². The van der Waals surface area contributed by atoms with Crippen LogP contribution in [0.15, 0.2) is 22.7 Å². The van der Waals surface area contributed by atoms with E-state index in [9.17, 15) is 4.79 Å². The summed E-state index contributed by atoms with van der Waals surface area (Å²) in [5.41, 5.74) is 1.89. The lowest BCUT2D eigenvalue weighted by molar-refractivity contribution is -0.115. The molecule has 0 saturated carbocycles. The fourth-order valence-electron chi connectivity index (χ4n) is 0.972. The highest BCUT2D eigenvalue weighted by molar-refractivity contribution is 9.10. The minimum Gasteiger partial charge on any atom is -0.324 e. The number of rotatable bonds is 2. The van der Waals surface area contributed by atoms with Crippen molar-refractivity contribution < 1.29 is 4.79 Å². The molecule has 0 radical (unpaired) electrons. The van der Waals surface area contributed by atoms with Gasteiger partial charge in [-0.3, -0.25) is 4.79 Å². The van der Waals surface area contributed by atoms with Crippen molar-refractivity contribution in [3.63, 3.8) is 0 Å². The number of carbonyl (C=O) groups is 1. The van der Waals surface area contributed by atoms with Crippen LogP contribution in [0.5, 0.6) is 0 Å². The Morgan fingerprint density at radius 3 is 2.79 bits per heavy atom. The first kappa shape index (κ1) is 11.6. The van der Waals surface area contributed by atoms with Crippen molar-refractivity contribution in [2.45, 2.75) is 19.1 Å². The van der Waals surface area contributed by atoms with Crippen molar-refractivity contribution in [1.29, 1.82) is 0 Å². The second-order valence-corrected chi connectivity index (χ2v) is 4.78. The molecule has 2 nitrogen and oxygen atoms in total. The first-order chi connectivity index (χ1) is 6.50. The van der Waals surface area contributed by atoms with E-state index in [1.807, 2.05) is 25.1 Å². The van der Waals surface area contributed by atoms with Gasteiger partial charge in [0.1, 0.15) is 0 Å². The molecule has 1 N–H and O–H groups in total. The molecule has 1 unspecified atom stereocenters. The van der Waals surface area contributed by atoms with Crippen molar-refractivity contribution in [2.75, 3.05) is 5.32 Å². The van der Waals surface area contributed by atoms with Gasteiger partial charge in [-0.05, 0) is 47.5 Å². The molecule has 0 bridgehead atoms. The third-order valence-corrected chi connectivity index (χ3v) is 2.69. The smallest absolute Gasteiger partial charge is 0.236 e. The van der Waals surface area contributed by atoms with Crippen LogP contribution in [0.1, 0.15) is 12.5 Å². The zero-order valence-electron chi connectivity index (χ0n) is 8.04. The van der Waals surface area contributed by atoms with Crippen molar-refractivity contribution in [2.24, 2.45) is 0 Å². The molecular weight excluding hydrogens is 262 g/mol.